The molecule has 0 spiro atoms. The van der Waals surface area contributed by atoms with Gasteiger partial charge in [-0.1, -0.05) is 6.92 Å². The van der Waals surface area contributed by atoms with E-state index in [1.807, 2.05) is 0 Å². The molecule has 0 radical (unpaired) electrons. The van der Waals surface area contributed by atoms with E-state index in [9.17, 15) is 13.2 Å². The largest absolute Gasteiger partial charge is 0.481 e. The van der Waals surface area contributed by atoms with E-state index >= 15 is 0 Å². The van der Waals surface area contributed by atoms with E-state index in [1.165, 1.54) is 19.4 Å². The van der Waals surface area contributed by atoms with Crippen molar-refractivity contribution in [2.45, 2.75) is 18.4 Å². The van der Waals surface area contributed by atoms with E-state index in [0.717, 1.165) is 0 Å². The number of aromatic amines is 1. The number of carboxylic acids is 1. The van der Waals surface area contributed by atoms with E-state index < -0.39 is 21.9 Å². The maximum Gasteiger partial charge on any atom is 0.306 e. The molecule has 1 aromatic rings. The Morgan fingerprint density at radius 2 is 2.38 bits per heavy atom. The normalized spacial score (nSPS) is 13.6. The van der Waals surface area contributed by atoms with Crippen LogP contribution in [0.5, 0.6) is 0 Å². The zero-order chi connectivity index (χ0) is 12.2. The second-order valence-electron chi connectivity index (χ2n) is 3.34. The van der Waals surface area contributed by atoms with Crippen molar-refractivity contribution in [2.75, 3.05) is 6.54 Å². The smallest absolute Gasteiger partial charge is 0.306 e. The van der Waals surface area contributed by atoms with Crippen LogP contribution in [0.25, 0.3) is 0 Å². The van der Waals surface area contributed by atoms with Gasteiger partial charge in [0.2, 0.25) is 0 Å². The lowest BCUT2D eigenvalue weighted by Gasteiger charge is -2.07. The molecule has 0 bridgehead atoms. The van der Waals surface area contributed by atoms with Gasteiger partial charge in [-0.2, -0.15) is 0 Å². The molecule has 0 saturated carbocycles. The summed E-state index contributed by atoms with van der Waals surface area (Å²) < 4.78 is 25.3. The number of hydrogen-bond donors (Lipinski definition) is 3. The van der Waals surface area contributed by atoms with Crippen molar-refractivity contribution in [3.05, 3.63) is 12.5 Å². The number of sulfonamides is 1. The van der Waals surface area contributed by atoms with E-state index in [2.05, 4.69) is 14.7 Å². The number of aliphatic carboxylic acids is 1. The molecule has 0 aliphatic heterocycles. The number of nitrogens with zero attached hydrogens (tertiary/aromatic N) is 1. The molecular weight excluding hydrogens is 234 g/mol. The highest BCUT2D eigenvalue weighted by Crippen LogP contribution is 2.04. The highest BCUT2D eigenvalue weighted by molar-refractivity contribution is 7.89. The van der Waals surface area contributed by atoms with Gasteiger partial charge in [0.15, 0.2) is 5.03 Å². The molecule has 1 unspecified atom stereocenters. The van der Waals surface area contributed by atoms with Gasteiger partial charge in [0.25, 0.3) is 10.0 Å². The van der Waals surface area contributed by atoms with Gasteiger partial charge in [-0.05, 0) is 6.42 Å². The van der Waals surface area contributed by atoms with Crippen molar-refractivity contribution in [1.82, 2.24) is 14.7 Å². The minimum atomic E-state index is -3.60. The van der Waals surface area contributed by atoms with E-state index in [4.69, 9.17) is 5.11 Å². The number of H-pyrrole nitrogens is 1. The molecule has 0 fully saturated rings. The molecule has 1 heterocycles. The Balaban J connectivity index is 2.47. The summed E-state index contributed by atoms with van der Waals surface area (Å²) in [6, 6.07) is 0. The zero-order valence-corrected chi connectivity index (χ0v) is 9.49. The summed E-state index contributed by atoms with van der Waals surface area (Å²) in [7, 11) is -3.60. The monoisotopic (exact) mass is 247 g/mol. The lowest BCUT2D eigenvalue weighted by molar-refractivity contribution is -0.141. The Morgan fingerprint density at radius 3 is 2.88 bits per heavy atom. The predicted octanol–water partition coefficient (Wildman–Crippen LogP) is -0.201. The van der Waals surface area contributed by atoms with Crippen molar-refractivity contribution >= 4 is 16.0 Å². The highest BCUT2D eigenvalue weighted by atomic mass is 32.2. The Hall–Kier alpha value is -1.41. The molecule has 0 aliphatic rings. The second-order valence-corrected chi connectivity index (χ2v) is 5.08. The van der Waals surface area contributed by atoms with Crippen LogP contribution in [0.1, 0.15) is 13.3 Å². The second kappa shape index (κ2) is 5.08. The molecule has 1 atom stereocenters. The van der Waals surface area contributed by atoms with Crippen molar-refractivity contribution in [3.8, 4) is 0 Å². The van der Waals surface area contributed by atoms with Crippen LogP contribution in [0.2, 0.25) is 0 Å². The average molecular weight is 247 g/mol. The zero-order valence-electron chi connectivity index (χ0n) is 8.67. The van der Waals surface area contributed by atoms with Crippen LogP contribution >= 0.6 is 0 Å². The Bertz CT molecular complexity index is 440. The molecule has 1 rings (SSSR count). The lowest BCUT2D eigenvalue weighted by atomic mass is 10.1. The standard InChI is InChI=1S/C8H13N3O4S/c1-6(8(12)13)2-3-11-16(14,15)7-4-9-5-10-7/h4-6,11H,2-3H2,1H3,(H,9,10)(H,12,13). The minimum absolute atomic E-state index is 0.0320. The topological polar surface area (TPSA) is 112 Å². The molecule has 1 aromatic heterocycles. The quantitative estimate of drug-likeness (QED) is 0.644. The number of hydrogen-bond acceptors (Lipinski definition) is 4. The summed E-state index contributed by atoms with van der Waals surface area (Å²) in [5.41, 5.74) is 0. The SMILES string of the molecule is CC(CCNS(=O)(=O)c1cnc[nH]1)C(=O)O. The first kappa shape index (κ1) is 12.7. The fraction of sp³-hybridized carbons (Fsp3) is 0.500. The van der Waals surface area contributed by atoms with Gasteiger partial charge < -0.3 is 10.1 Å². The number of carbonyl (C=O) groups is 1. The summed E-state index contributed by atoms with van der Waals surface area (Å²) >= 11 is 0. The van der Waals surface area contributed by atoms with Gasteiger partial charge in [-0.15, -0.1) is 0 Å². The molecule has 16 heavy (non-hydrogen) atoms. The van der Waals surface area contributed by atoms with Crippen molar-refractivity contribution in [1.29, 1.82) is 0 Å². The average Bonchev–Trinajstić information content (AvgIpc) is 2.70. The molecule has 0 amide bonds. The van der Waals surface area contributed by atoms with E-state index in [-0.39, 0.29) is 18.0 Å². The molecule has 0 aromatic carbocycles. The Morgan fingerprint density at radius 1 is 1.69 bits per heavy atom. The maximum absolute atomic E-state index is 11.5. The van der Waals surface area contributed by atoms with Crippen LogP contribution in [-0.4, -0.2) is 36.0 Å². The van der Waals surface area contributed by atoms with E-state index in [1.54, 1.807) is 0 Å². The number of rotatable bonds is 6. The lowest BCUT2D eigenvalue weighted by Crippen LogP contribution is -2.27. The number of imidazole rings is 1. The van der Waals surface area contributed by atoms with Crippen molar-refractivity contribution < 1.29 is 18.3 Å². The van der Waals surface area contributed by atoms with Gasteiger partial charge in [-0.3, -0.25) is 4.79 Å². The molecule has 3 N–H and O–H groups in total. The minimum Gasteiger partial charge on any atom is -0.481 e. The van der Waals surface area contributed by atoms with Gasteiger partial charge in [0.1, 0.15) is 0 Å². The maximum atomic E-state index is 11.5. The fourth-order valence-electron chi connectivity index (χ4n) is 1.00. The van der Waals surface area contributed by atoms with Crippen LogP contribution in [-0.2, 0) is 14.8 Å². The molecule has 90 valence electrons. The first-order chi connectivity index (χ1) is 7.43. The summed E-state index contributed by atoms with van der Waals surface area (Å²) in [6.45, 7) is 1.60. The van der Waals surface area contributed by atoms with Crippen LogP contribution in [0.4, 0.5) is 0 Å². The van der Waals surface area contributed by atoms with Crippen molar-refractivity contribution in [2.24, 2.45) is 5.92 Å². The van der Waals surface area contributed by atoms with Crippen LogP contribution in [0.15, 0.2) is 17.6 Å². The molecule has 0 aliphatic carbocycles. The molecule has 7 nitrogen and oxygen atoms in total. The van der Waals surface area contributed by atoms with Crippen LogP contribution < -0.4 is 4.72 Å². The molecular formula is C8H13N3O4S. The number of aromatic nitrogens is 2. The van der Waals surface area contributed by atoms with E-state index in [0.29, 0.717) is 0 Å². The summed E-state index contributed by atoms with van der Waals surface area (Å²) in [5, 5.41) is 8.57. The molecule has 0 saturated heterocycles. The summed E-state index contributed by atoms with van der Waals surface area (Å²) in [5.74, 6) is -1.52. The fourth-order valence-corrected chi connectivity index (χ4v) is 1.95. The summed E-state index contributed by atoms with van der Waals surface area (Å²) in [4.78, 5) is 16.5. The third-order valence-corrected chi connectivity index (χ3v) is 3.44. The van der Waals surface area contributed by atoms with Crippen molar-refractivity contribution in [3.63, 3.8) is 0 Å². The summed E-state index contributed by atoms with van der Waals surface area (Å²) in [6.07, 6.45) is 2.68. The van der Waals surface area contributed by atoms with Gasteiger partial charge in [0.05, 0.1) is 18.4 Å². The predicted molar refractivity (Wildman–Crippen MR) is 55.2 cm³/mol. The van der Waals surface area contributed by atoms with Gasteiger partial charge >= 0.3 is 5.97 Å². The Labute approximate surface area is 93.0 Å². The highest BCUT2D eigenvalue weighted by Gasteiger charge is 2.16. The number of carboxylic acid groups (broad SMARTS) is 1. The van der Waals surface area contributed by atoms with Crippen LogP contribution in [0.3, 0.4) is 0 Å². The Kier molecular flexibility index (Phi) is 4.02. The third kappa shape index (κ3) is 3.31. The first-order valence-electron chi connectivity index (χ1n) is 4.64. The molecule has 8 heteroatoms. The third-order valence-electron chi connectivity index (χ3n) is 2.05. The van der Waals surface area contributed by atoms with Gasteiger partial charge in [-0.25, -0.2) is 18.1 Å². The first-order valence-corrected chi connectivity index (χ1v) is 6.12. The number of nitrogens with one attached hydrogen (secondary N) is 2. The van der Waals surface area contributed by atoms with Gasteiger partial charge in [0, 0.05) is 6.54 Å². The van der Waals surface area contributed by atoms with Crippen LogP contribution in [0, 0.1) is 5.92 Å².